The SMILES string of the molecule is O=C(Cc1ccc(I)cc1)Nc1nc2ccc3cc(O)ccc3c2nc1Cc1ccccc1. The molecule has 0 aliphatic rings. The number of aromatic nitrogens is 2. The maximum atomic E-state index is 12.8. The Morgan fingerprint density at radius 2 is 1.67 bits per heavy atom. The zero-order chi connectivity index (χ0) is 22.8. The Morgan fingerprint density at radius 1 is 0.879 bits per heavy atom. The van der Waals surface area contributed by atoms with Crippen LogP contribution in [0.15, 0.2) is 84.9 Å². The average Bonchev–Trinajstić information content (AvgIpc) is 2.81. The van der Waals surface area contributed by atoms with Crippen molar-refractivity contribution in [3.63, 3.8) is 0 Å². The number of halogens is 1. The van der Waals surface area contributed by atoms with Crippen LogP contribution in [0.3, 0.4) is 0 Å². The number of carbonyl (C=O) groups excluding carboxylic acids is 1. The molecule has 0 bridgehead atoms. The van der Waals surface area contributed by atoms with E-state index in [1.807, 2.05) is 72.8 Å². The van der Waals surface area contributed by atoms with Crippen LogP contribution in [-0.2, 0) is 17.6 Å². The van der Waals surface area contributed by atoms with E-state index in [2.05, 4.69) is 27.9 Å². The minimum atomic E-state index is -0.134. The van der Waals surface area contributed by atoms with Gasteiger partial charge in [-0.1, -0.05) is 48.5 Å². The number of fused-ring (bicyclic) bond motifs is 3. The van der Waals surface area contributed by atoms with Gasteiger partial charge in [0.2, 0.25) is 5.91 Å². The van der Waals surface area contributed by atoms with Crippen LogP contribution >= 0.6 is 22.6 Å². The first kappa shape index (κ1) is 21.3. The topological polar surface area (TPSA) is 75.1 Å². The molecule has 0 aliphatic carbocycles. The molecule has 1 aromatic heterocycles. The number of aromatic hydroxyl groups is 1. The first-order chi connectivity index (χ1) is 16.0. The summed E-state index contributed by atoms with van der Waals surface area (Å²) >= 11 is 2.25. The smallest absolute Gasteiger partial charge is 0.229 e. The number of hydrogen-bond acceptors (Lipinski definition) is 4. The molecule has 0 fully saturated rings. The molecule has 0 radical (unpaired) electrons. The zero-order valence-electron chi connectivity index (χ0n) is 17.6. The zero-order valence-corrected chi connectivity index (χ0v) is 19.8. The summed E-state index contributed by atoms with van der Waals surface area (Å²) in [6, 6.07) is 26.9. The molecule has 0 saturated carbocycles. The van der Waals surface area contributed by atoms with Gasteiger partial charge in [0.05, 0.1) is 23.1 Å². The average molecular weight is 545 g/mol. The molecule has 5 aromatic rings. The van der Waals surface area contributed by atoms with Gasteiger partial charge in [-0.2, -0.15) is 0 Å². The van der Waals surface area contributed by atoms with E-state index in [0.717, 1.165) is 31.0 Å². The number of carbonyl (C=O) groups is 1. The Hall–Kier alpha value is -3.52. The molecule has 1 heterocycles. The van der Waals surface area contributed by atoms with E-state index in [0.29, 0.717) is 23.4 Å². The van der Waals surface area contributed by atoms with Crippen molar-refractivity contribution in [3.8, 4) is 5.75 Å². The number of nitrogens with one attached hydrogen (secondary N) is 1. The summed E-state index contributed by atoms with van der Waals surface area (Å²) in [4.78, 5) is 22.6. The second-order valence-electron chi connectivity index (χ2n) is 7.87. The molecule has 4 aromatic carbocycles. The number of anilines is 1. The molecular weight excluding hydrogens is 525 g/mol. The number of benzene rings is 4. The number of nitrogens with zero attached hydrogens (tertiary/aromatic N) is 2. The molecule has 0 saturated heterocycles. The number of rotatable bonds is 5. The maximum Gasteiger partial charge on any atom is 0.229 e. The Labute approximate surface area is 204 Å². The number of phenolic OH excluding ortho intramolecular Hbond substituents is 1. The van der Waals surface area contributed by atoms with E-state index in [-0.39, 0.29) is 18.1 Å². The van der Waals surface area contributed by atoms with E-state index in [1.165, 1.54) is 0 Å². The predicted octanol–water partition coefficient (Wildman–Crippen LogP) is 5.87. The normalized spacial score (nSPS) is 11.1. The number of amides is 1. The Morgan fingerprint density at radius 3 is 2.45 bits per heavy atom. The summed E-state index contributed by atoms with van der Waals surface area (Å²) in [5.41, 5.74) is 4.16. The van der Waals surface area contributed by atoms with Crippen LogP contribution in [0.1, 0.15) is 16.8 Å². The lowest BCUT2D eigenvalue weighted by Gasteiger charge is -2.13. The van der Waals surface area contributed by atoms with E-state index >= 15 is 0 Å². The summed E-state index contributed by atoms with van der Waals surface area (Å²) in [7, 11) is 0. The quantitative estimate of drug-likeness (QED) is 0.214. The molecular formula is C27H20IN3O2. The third kappa shape index (κ3) is 4.80. The van der Waals surface area contributed by atoms with E-state index in [4.69, 9.17) is 9.97 Å². The Kier molecular flexibility index (Phi) is 5.92. The van der Waals surface area contributed by atoms with E-state index in [1.54, 1.807) is 12.1 Å². The number of hydrogen-bond donors (Lipinski definition) is 2. The van der Waals surface area contributed by atoms with Gasteiger partial charge in [-0.25, -0.2) is 9.97 Å². The van der Waals surface area contributed by atoms with E-state index in [9.17, 15) is 9.90 Å². The minimum absolute atomic E-state index is 0.134. The molecule has 162 valence electrons. The summed E-state index contributed by atoms with van der Waals surface area (Å²) in [6.45, 7) is 0. The van der Waals surface area contributed by atoms with Gasteiger partial charge in [-0.05, 0) is 75.5 Å². The largest absolute Gasteiger partial charge is 0.508 e. The summed E-state index contributed by atoms with van der Waals surface area (Å²) in [5.74, 6) is 0.545. The standard InChI is InChI=1S/C27H20IN3O2/c28-20-9-6-18(7-10-20)15-25(33)31-27-24(14-17-4-2-1-3-5-17)29-26-22-12-11-21(32)16-19(22)8-13-23(26)30-27/h1-13,16,32H,14-15H2,(H,30,31,33). The predicted molar refractivity (Wildman–Crippen MR) is 139 cm³/mol. The second-order valence-corrected chi connectivity index (χ2v) is 9.12. The van der Waals surface area contributed by atoms with Gasteiger partial charge in [0.1, 0.15) is 5.75 Å². The fourth-order valence-electron chi connectivity index (χ4n) is 3.85. The van der Waals surface area contributed by atoms with Gasteiger partial charge >= 0.3 is 0 Å². The first-order valence-corrected chi connectivity index (χ1v) is 11.6. The Bertz CT molecular complexity index is 1470. The molecule has 6 heteroatoms. The Balaban J connectivity index is 1.55. The lowest BCUT2D eigenvalue weighted by atomic mass is 10.1. The van der Waals surface area contributed by atoms with Crippen molar-refractivity contribution >= 4 is 56.1 Å². The van der Waals surface area contributed by atoms with Gasteiger partial charge < -0.3 is 10.4 Å². The van der Waals surface area contributed by atoms with Gasteiger partial charge in [0.25, 0.3) is 0 Å². The van der Waals surface area contributed by atoms with Crippen molar-refractivity contribution in [2.45, 2.75) is 12.8 Å². The van der Waals surface area contributed by atoms with E-state index < -0.39 is 0 Å². The van der Waals surface area contributed by atoms with Crippen LogP contribution in [0.4, 0.5) is 5.82 Å². The highest BCUT2D eigenvalue weighted by Gasteiger charge is 2.15. The molecule has 1 amide bonds. The minimum Gasteiger partial charge on any atom is -0.508 e. The fraction of sp³-hybridized carbons (Fsp3) is 0.0741. The molecule has 33 heavy (non-hydrogen) atoms. The van der Waals surface area contributed by atoms with Crippen molar-refractivity contribution in [3.05, 3.63) is 105 Å². The van der Waals surface area contributed by atoms with Crippen LogP contribution in [0.2, 0.25) is 0 Å². The maximum absolute atomic E-state index is 12.8. The highest BCUT2D eigenvalue weighted by Crippen LogP contribution is 2.28. The van der Waals surface area contributed by atoms with Crippen molar-refractivity contribution in [2.75, 3.05) is 5.32 Å². The molecule has 5 nitrogen and oxygen atoms in total. The van der Waals surface area contributed by atoms with Crippen LogP contribution in [-0.4, -0.2) is 21.0 Å². The lowest BCUT2D eigenvalue weighted by molar-refractivity contribution is -0.115. The van der Waals surface area contributed by atoms with Crippen LogP contribution in [0, 0.1) is 3.57 Å². The third-order valence-electron chi connectivity index (χ3n) is 5.46. The van der Waals surface area contributed by atoms with Gasteiger partial charge in [-0.15, -0.1) is 0 Å². The third-order valence-corrected chi connectivity index (χ3v) is 6.18. The molecule has 0 aliphatic heterocycles. The van der Waals surface area contributed by atoms with Crippen molar-refractivity contribution < 1.29 is 9.90 Å². The first-order valence-electron chi connectivity index (χ1n) is 10.6. The summed E-state index contributed by atoms with van der Waals surface area (Å²) in [5, 5.41) is 14.6. The fourth-order valence-corrected chi connectivity index (χ4v) is 4.21. The summed E-state index contributed by atoms with van der Waals surface area (Å²) in [6.07, 6.45) is 0.801. The van der Waals surface area contributed by atoms with Crippen molar-refractivity contribution in [2.24, 2.45) is 0 Å². The highest BCUT2D eigenvalue weighted by molar-refractivity contribution is 14.1. The van der Waals surface area contributed by atoms with Crippen molar-refractivity contribution in [1.82, 2.24) is 9.97 Å². The van der Waals surface area contributed by atoms with Gasteiger partial charge in [0, 0.05) is 15.4 Å². The lowest BCUT2D eigenvalue weighted by Crippen LogP contribution is -2.17. The van der Waals surface area contributed by atoms with Crippen LogP contribution in [0.25, 0.3) is 21.8 Å². The number of phenols is 1. The molecule has 0 atom stereocenters. The van der Waals surface area contributed by atoms with Crippen molar-refractivity contribution in [1.29, 1.82) is 0 Å². The second kappa shape index (κ2) is 9.15. The molecule has 0 spiro atoms. The summed E-state index contributed by atoms with van der Waals surface area (Å²) < 4.78 is 1.13. The van der Waals surface area contributed by atoms with Gasteiger partial charge in [-0.3, -0.25) is 4.79 Å². The molecule has 2 N–H and O–H groups in total. The molecule has 0 unspecified atom stereocenters. The van der Waals surface area contributed by atoms with Crippen LogP contribution in [0.5, 0.6) is 5.75 Å². The highest BCUT2D eigenvalue weighted by atomic mass is 127. The monoisotopic (exact) mass is 545 g/mol. The van der Waals surface area contributed by atoms with Crippen LogP contribution < -0.4 is 5.32 Å². The molecule has 5 rings (SSSR count). The van der Waals surface area contributed by atoms with Gasteiger partial charge in [0.15, 0.2) is 5.82 Å².